The molecule has 0 amide bonds. The molecule has 3 nitrogen and oxygen atoms in total. The number of aryl methyl sites for hydroxylation is 1. The zero-order valence-corrected chi connectivity index (χ0v) is 9.37. The SMILES string of the molecule is Cc1c(Br)c(C(O)C2CC2)nn1C. The predicted molar refractivity (Wildman–Crippen MR) is 53.3 cm³/mol. The first-order chi connectivity index (χ1) is 6.11. The Labute approximate surface area is 85.9 Å². The summed E-state index contributed by atoms with van der Waals surface area (Å²) >= 11 is 3.45. The van der Waals surface area contributed by atoms with Crippen molar-refractivity contribution in [3.8, 4) is 0 Å². The standard InChI is InChI=1S/C9H13BrN2O/c1-5-7(10)8(11-12(5)2)9(13)6-3-4-6/h6,9,13H,3-4H2,1-2H3. The summed E-state index contributed by atoms with van der Waals surface area (Å²) in [5, 5.41) is 14.2. The van der Waals surface area contributed by atoms with Crippen molar-refractivity contribution in [2.24, 2.45) is 13.0 Å². The highest BCUT2D eigenvalue weighted by molar-refractivity contribution is 9.10. The van der Waals surface area contributed by atoms with Gasteiger partial charge in [-0.1, -0.05) is 0 Å². The molecule has 2 rings (SSSR count). The molecule has 0 aromatic carbocycles. The van der Waals surface area contributed by atoms with Gasteiger partial charge in [0.25, 0.3) is 0 Å². The summed E-state index contributed by atoms with van der Waals surface area (Å²) in [5.41, 5.74) is 1.86. The van der Waals surface area contributed by atoms with Crippen LogP contribution < -0.4 is 0 Å². The Morgan fingerprint density at radius 1 is 1.62 bits per heavy atom. The number of aromatic nitrogens is 2. The van der Waals surface area contributed by atoms with Crippen molar-refractivity contribution in [3.63, 3.8) is 0 Å². The van der Waals surface area contributed by atoms with Crippen molar-refractivity contribution in [1.82, 2.24) is 9.78 Å². The Kier molecular flexibility index (Phi) is 2.20. The van der Waals surface area contributed by atoms with Crippen molar-refractivity contribution in [1.29, 1.82) is 0 Å². The molecule has 1 fully saturated rings. The molecule has 1 aliphatic carbocycles. The largest absolute Gasteiger partial charge is 0.386 e. The summed E-state index contributed by atoms with van der Waals surface area (Å²) in [5.74, 6) is 0.436. The molecule has 0 spiro atoms. The first-order valence-corrected chi connectivity index (χ1v) is 5.27. The predicted octanol–water partition coefficient (Wildman–Crippen LogP) is 1.93. The van der Waals surface area contributed by atoms with Crippen LogP contribution in [0.1, 0.15) is 30.3 Å². The van der Waals surface area contributed by atoms with E-state index in [0.717, 1.165) is 28.7 Å². The van der Waals surface area contributed by atoms with Crippen LogP contribution in [0.2, 0.25) is 0 Å². The summed E-state index contributed by atoms with van der Waals surface area (Å²) in [7, 11) is 1.89. The molecular weight excluding hydrogens is 232 g/mol. The van der Waals surface area contributed by atoms with Gasteiger partial charge in [-0.2, -0.15) is 5.10 Å². The van der Waals surface area contributed by atoms with E-state index in [0.29, 0.717) is 5.92 Å². The molecule has 1 unspecified atom stereocenters. The number of hydrogen-bond acceptors (Lipinski definition) is 2. The molecule has 13 heavy (non-hydrogen) atoms. The molecule has 1 heterocycles. The van der Waals surface area contributed by atoms with Crippen LogP contribution in [0.5, 0.6) is 0 Å². The maximum Gasteiger partial charge on any atom is 0.106 e. The van der Waals surface area contributed by atoms with Crippen molar-refractivity contribution in [2.75, 3.05) is 0 Å². The fraction of sp³-hybridized carbons (Fsp3) is 0.667. The molecule has 0 radical (unpaired) electrons. The summed E-state index contributed by atoms with van der Waals surface area (Å²) in [6.07, 6.45) is 1.88. The third-order valence-corrected chi connectivity index (χ3v) is 3.61. The first kappa shape index (κ1) is 9.21. The Bertz CT molecular complexity index is 331. The van der Waals surface area contributed by atoms with Crippen molar-refractivity contribution in [3.05, 3.63) is 15.9 Å². The summed E-state index contributed by atoms with van der Waals surface area (Å²) < 4.78 is 2.75. The molecule has 1 atom stereocenters. The lowest BCUT2D eigenvalue weighted by atomic mass is 10.1. The van der Waals surface area contributed by atoms with Gasteiger partial charge in [0.2, 0.25) is 0 Å². The van der Waals surface area contributed by atoms with Gasteiger partial charge in [-0.05, 0) is 41.6 Å². The van der Waals surface area contributed by atoms with E-state index < -0.39 is 0 Å². The number of rotatable bonds is 2. The van der Waals surface area contributed by atoms with Crippen LogP contribution in [0.15, 0.2) is 4.47 Å². The Morgan fingerprint density at radius 3 is 2.62 bits per heavy atom. The van der Waals surface area contributed by atoms with Gasteiger partial charge < -0.3 is 5.11 Å². The van der Waals surface area contributed by atoms with Crippen LogP contribution in [0.3, 0.4) is 0 Å². The molecule has 1 aromatic heterocycles. The minimum atomic E-state index is -0.380. The second kappa shape index (κ2) is 3.10. The van der Waals surface area contributed by atoms with E-state index in [4.69, 9.17) is 0 Å². The van der Waals surface area contributed by atoms with Gasteiger partial charge in [-0.3, -0.25) is 4.68 Å². The quantitative estimate of drug-likeness (QED) is 0.864. The Balaban J connectivity index is 2.33. The molecule has 72 valence electrons. The topological polar surface area (TPSA) is 38.1 Å². The van der Waals surface area contributed by atoms with Gasteiger partial charge in [-0.15, -0.1) is 0 Å². The molecular formula is C9H13BrN2O. The molecule has 0 saturated heterocycles. The average molecular weight is 245 g/mol. The molecule has 1 aliphatic rings. The highest BCUT2D eigenvalue weighted by Crippen LogP contribution is 2.42. The van der Waals surface area contributed by atoms with E-state index in [1.807, 2.05) is 14.0 Å². The number of halogens is 1. The van der Waals surface area contributed by atoms with Crippen LogP contribution in [-0.4, -0.2) is 14.9 Å². The Hall–Kier alpha value is -0.350. The lowest BCUT2D eigenvalue weighted by molar-refractivity contribution is 0.147. The fourth-order valence-electron chi connectivity index (χ4n) is 1.43. The Morgan fingerprint density at radius 2 is 2.23 bits per heavy atom. The second-order valence-corrected chi connectivity index (χ2v) is 4.48. The van der Waals surface area contributed by atoms with Crippen LogP contribution in [0.25, 0.3) is 0 Å². The van der Waals surface area contributed by atoms with E-state index >= 15 is 0 Å². The third kappa shape index (κ3) is 1.53. The molecule has 0 bridgehead atoms. The minimum absolute atomic E-state index is 0.380. The smallest absolute Gasteiger partial charge is 0.106 e. The van der Waals surface area contributed by atoms with Crippen molar-refractivity contribution < 1.29 is 5.11 Å². The van der Waals surface area contributed by atoms with Crippen LogP contribution in [0, 0.1) is 12.8 Å². The fourth-order valence-corrected chi connectivity index (χ4v) is 2.00. The maximum atomic E-state index is 9.87. The van der Waals surface area contributed by atoms with Gasteiger partial charge >= 0.3 is 0 Å². The molecule has 1 aromatic rings. The highest BCUT2D eigenvalue weighted by Gasteiger charge is 2.34. The summed E-state index contributed by atoms with van der Waals surface area (Å²) in [4.78, 5) is 0. The monoisotopic (exact) mass is 244 g/mol. The summed E-state index contributed by atoms with van der Waals surface area (Å²) in [6, 6.07) is 0. The lowest BCUT2D eigenvalue weighted by Crippen LogP contribution is -2.02. The van der Waals surface area contributed by atoms with Gasteiger partial charge in [-0.25, -0.2) is 0 Å². The van der Waals surface area contributed by atoms with E-state index in [1.54, 1.807) is 4.68 Å². The third-order valence-electron chi connectivity index (χ3n) is 2.63. The number of nitrogens with zero attached hydrogens (tertiary/aromatic N) is 2. The van der Waals surface area contributed by atoms with Crippen LogP contribution >= 0.6 is 15.9 Å². The van der Waals surface area contributed by atoms with Gasteiger partial charge in [0.05, 0.1) is 4.47 Å². The number of hydrogen-bond donors (Lipinski definition) is 1. The highest BCUT2D eigenvalue weighted by atomic mass is 79.9. The molecule has 1 N–H and O–H groups in total. The second-order valence-electron chi connectivity index (χ2n) is 3.69. The van der Waals surface area contributed by atoms with Gasteiger partial charge in [0.15, 0.2) is 0 Å². The lowest BCUT2D eigenvalue weighted by Gasteiger charge is -2.05. The normalized spacial score (nSPS) is 19.1. The van der Waals surface area contributed by atoms with Gasteiger partial charge in [0, 0.05) is 12.7 Å². The van der Waals surface area contributed by atoms with E-state index in [1.165, 1.54) is 0 Å². The van der Waals surface area contributed by atoms with Crippen molar-refractivity contribution in [2.45, 2.75) is 25.9 Å². The summed E-state index contributed by atoms with van der Waals surface area (Å²) in [6.45, 7) is 1.99. The number of aliphatic hydroxyl groups excluding tert-OH is 1. The van der Waals surface area contributed by atoms with E-state index in [2.05, 4.69) is 21.0 Å². The van der Waals surface area contributed by atoms with E-state index in [-0.39, 0.29) is 6.10 Å². The van der Waals surface area contributed by atoms with Gasteiger partial charge in [0.1, 0.15) is 11.8 Å². The molecule has 1 saturated carbocycles. The van der Waals surface area contributed by atoms with Crippen molar-refractivity contribution >= 4 is 15.9 Å². The first-order valence-electron chi connectivity index (χ1n) is 4.48. The average Bonchev–Trinajstić information content (AvgIpc) is 2.89. The van der Waals surface area contributed by atoms with Crippen LogP contribution in [0.4, 0.5) is 0 Å². The minimum Gasteiger partial charge on any atom is -0.386 e. The molecule has 4 heteroatoms. The maximum absolute atomic E-state index is 9.87. The number of aliphatic hydroxyl groups is 1. The molecule has 0 aliphatic heterocycles. The zero-order chi connectivity index (χ0) is 9.59. The van der Waals surface area contributed by atoms with E-state index in [9.17, 15) is 5.11 Å². The van der Waals surface area contributed by atoms with Crippen LogP contribution in [-0.2, 0) is 7.05 Å². The zero-order valence-electron chi connectivity index (χ0n) is 7.79.